The van der Waals surface area contributed by atoms with E-state index in [1.54, 1.807) is 7.11 Å². The topological polar surface area (TPSA) is 83.4 Å². The molecular formula is C14H16FN3O3. The summed E-state index contributed by atoms with van der Waals surface area (Å²) in [5.74, 6) is 0.311. The number of hydrogen-bond donors (Lipinski definition) is 1. The molecule has 1 aromatic carbocycles. The highest BCUT2D eigenvalue weighted by Crippen LogP contribution is 2.35. The fourth-order valence-electron chi connectivity index (χ4n) is 2.47. The van der Waals surface area contributed by atoms with Gasteiger partial charge in [-0.3, -0.25) is 0 Å². The van der Waals surface area contributed by atoms with Gasteiger partial charge in [0.25, 0.3) is 5.89 Å². The molecule has 0 unspecified atom stereocenters. The number of nitrogens with two attached hydrogens (primary N) is 1. The van der Waals surface area contributed by atoms with Crippen LogP contribution in [-0.2, 0) is 15.1 Å². The Bertz CT molecular complexity index is 638. The van der Waals surface area contributed by atoms with Crippen LogP contribution in [0.4, 0.5) is 10.1 Å². The van der Waals surface area contributed by atoms with Crippen LogP contribution in [0.2, 0.25) is 0 Å². The predicted molar refractivity (Wildman–Crippen MR) is 72.8 cm³/mol. The van der Waals surface area contributed by atoms with Crippen LogP contribution < -0.4 is 5.73 Å². The van der Waals surface area contributed by atoms with Crippen molar-refractivity contribution in [2.24, 2.45) is 0 Å². The molecule has 2 N–H and O–H groups in total. The summed E-state index contributed by atoms with van der Waals surface area (Å²) in [6.07, 6.45) is 1.31. The van der Waals surface area contributed by atoms with Crippen LogP contribution in [0.25, 0.3) is 11.5 Å². The van der Waals surface area contributed by atoms with Crippen molar-refractivity contribution in [3.8, 4) is 11.5 Å². The van der Waals surface area contributed by atoms with Gasteiger partial charge in [0.15, 0.2) is 0 Å². The van der Waals surface area contributed by atoms with E-state index in [4.69, 9.17) is 19.7 Å². The molecule has 7 heteroatoms. The molecule has 112 valence electrons. The van der Waals surface area contributed by atoms with Crippen molar-refractivity contribution >= 4 is 5.69 Å². The zero-order valence-electron chi connectivity index (χ0n) is 11.6. The molecule has 0 saturated carbocycles. The van der Waals surface area contributed by atoms with E-state index >= 15 is 0 Å². The Hall–Kier alpha value is -1.99. The number of benzene rings is 1. The van der Waals surface area contributed by atoms with E-state index in [0.29, 0.717) is 37.4 Å². The molecule has 2 heterocycles. The Kier molecular flexibility index (Phi) is 3.60. The van der Waals surface area contributed by atoms with Gasteiger partial charge in [-0.15, -0.1) is 0 Å². The van der Waals surface area contributed by atoms with Gasteiger partial charge in [0.1, 0.15) is 11.4 Å². The molecular weight excluding hydrogens is 277 g/mol. The van der Waals surface area contributed by atoms with Crippen molar-refractivity contribution in [3.05, 3.63) is 29.8 Å². The van der Waals surface area contributed by atoms with Gasteiger partial charge in [-0.25, -0.2) is 4.39 Å². The fourth-order valence-corrected chi connectivity index (χ4v) is 2.47. The summed E-state index contributed by atoms with van der Waals surface area (Å²) in [4.78, 5) is 4.38. The van der Waals surface area contributed by atoms with E-state index in [0.717, 1.165) is 0 Å². The summed E-state index contributed by atoms with van der Waals surface area (Å²) in [6.45, 7) is 1.16. The standard InChI is InChI=1S/C14H16FN3O3/c1-19-14(4-6-20-7-5-14)13-17-12(21-18-13)10-3-2-9(15)8-11(10)16/h2-3,8H,4-7,16H2,1H3. The maximum atomic E-state index is 13.1. The van der Waals surface area contributed by atoms with E-state index in [2.05, 4.69) is 10.1 Å². The number of nitrogen functional groups attached to an aromatic ring is 1. The van der Waals surface area contributed by atoms with Crippen molar-refractivity contribution in [1.82, 2.24) is 10.1 Å². The lowest BCUT2D eigenvalue weighted by Gasteiger charge is -2.32. The van der Waals surface area contributed by atoms with Gasteiger partial charge in [-0.2, -0.15) is 4.98 Å². The van der Waals surface area contributed by atoms with Crippen molar-refractivity contribution in [1.29, 1.82) is 0 Å². The highest BCUT2D eigenvalue weighted by Gasteiger charge is 2.39. The molecule has 2 aromatic rings. The molecule has 0 atom stereocenters. The average molecular weight is 293 g/mol. The second-order valence-electron chi connectivity index (χ2n) is 4.97. The highest BCUT2D eigenvalue weighted by atomic mass is 19.1. The van der Waals surface area contributed by atoms with Gasteiger partial charge in [0.2, 0.25) is 5.82 Å². The van der Waals surface area contributed by atoms with Crippen molar-refractivity contribution in [3.63, 3.8) is 0 Å². The maximum Gasteiger partial charge on any atom is 0.260 e. The van der Waals surface area contributed by atoms with Crippen LogP contribution in [0.3, 0.4) is 0 Å². The zero-order chi connectivity index (χ0) is 14.9. The first-order chi connectivity index (χ1) is 10.1. The minimum atomic E-state index is -0.602. The molecule has 1 aromatic heterocycles. The van der Waals surface area contributed by atoms with Crippen LogP contribution in [0.1, 0.15) is 18.7 Å². The minimum Gasteiger partial charge on any atom is -0.398 e. The van der Waals surface area contributed by atoms with E-state index in [1.165, 1.54) is 18.2 Å². The SMILES string of the molecule is COC1(c2noc(-c3ccc(F)cc3N)n2)CCOCC1. The lowest BCUT2D eigenvalue weighted by molar-refractivity contribution is -0.101. The summed E-state index contributed by atoms with van der Waals surface area (Å²) >= 11 is 0. The largest absolute Gasteiger partial charge is 0.398 e. The van der Waals surface area contributed by atoms with Gasteiger partial charge in [-0.1, -0.05) is 5.16 Å². The van der Waals surface area contributed by atoms with Crippen molar-refractivity contribution in [2.45, 2.75) is 18.4 Å². The van der Waals surface area contributed by atoms with Gasteiger partial charge in [0.05, 0.1) is 5.56 Å². The Morgan fingerprint density at radius 1 is 1.33 bits per heavy atom. The summed E-state index contributed by atoms with van der Waals surface area (Å²) in [7, 11) is 1.62. The molecule has 1 fully saturated rings. The summed E-state index contributed by atoms with van der Waals surface area (Å²) < 4.78 is 29.3. The smallest absolute Gasteiger partial charge is 0.260 e. The lowest BCUT2D eigenvalue weighted by Crippen LogP contribution is -2.36. The molecule has 0 spiro atoms. The molecule has 1 aliphatic rings. The number of anilines is 1. The summed E-state index contributed by atoms with van der Waals surface area (Å²) in [6, 6.07) is 4.04. The third-order valence-corrected chi connectivity index (χ3v) is 3.77. The number of nitrogens with zero attached hydrogens (tertiary/aromatic N) is 2. The van der Waals surface area contributed by atoms with E-state index in [9.17, 15) is 4.39 Å². The Morgan fingerprint density at radius 2 is 2.10 bits per heavy atom. The first-order valence-corrected chi connectivity index (χ1v) is 6.67. The van der Waals surface area contributed by atoms with E-state index in [1.807, 2.05) is 0 Å². The number of aromatic nitrogens is 2. The van der Waals surface area contributed by atoms with E-state index in [-0.39, 0.29) is 11.6 Å². The Morgan fingerprint density at radius 3 is 2.76 bits per heavy atom. The summed E-state index contributed by atoms with van der Waals surface area (Å²) in [5, 5.41) is 4.01. The third-order valence-electron chi connectivity index (χ3n) is 3.77. The second kappa shape index (κ2) is 5.42. The minimum absolute atomic E-state index is 0.253. The number of methoxy groups -OCH3 is 1. The molecule has 1 aliphatic heterocycles. The highest BCUT2D eigenvalue weighted by molar-refractivity contribution is 5.70. The van der Waals surface area contributed by atoms with Crippen LogP contribution >= 0.6 is 0 Å². The molecule has 1 saturated heterocycles. The monoisotopic (exact) mass is 293 g/mol. The zero-order valence-corrected chi connectivity index (χ0v) is 11.6. The Labute approximate surface area is 121 Å². The van der Waals surface area contributed by atoms with Crippen molar-refractivity contribution < 1.29 is 18.4 Å². The van der Waals surface area contributed by atoms with Crippen molar-refractivity contribution in [2.75, 3.05) is 26.1 Å². The molecule has 0 aliphatic carbocycles. The van der Waals surface area contributed by atoms with Crippen LogP contribution in [-0.4, -0.2) is 30.5 Å². The van der Waals surface area contributed by atoms with Gasteiger partial charge in [-0.05, 0) is 18.2 Å². The normalized spacial score (nSPS) is 17.8. The number of hydrogen-bond acceptors (Lipinski definition) is 6. The summed E-state index contributed by atoms with van der Waals surface area (Å²) in [5.41, 5.74) is 5.95. The van der Waals surface area contributed by atoms with Crippen LogP contribution in [0.5, 0.6) is 0 Å². The number of rotatable bonds is 3. The van der Waals surface area contributed by atoms with Gasteiger partial charge >= 0.3 is 0 Å². The fraction of sp³-hybridized carbons (Fsp3) is 0.429. The van der Waals surface area contributed by atoms with E-state index < -0.39 is 11.4 Å². The maximum absolute atomic E-state index is 13.1. The predicted octanol–water partition coefficient (Wildman–Crippen LogP) is 2.11. The molecule has 6 nitrogen and oxygen atoms in total. The molecule has 3 rings (SSSR count). The third kappa shape index (κ3) is 2.50. The number of halogens is 1. The lowest BCUT2D eigenvalue weighted by atomic mass is 9.93. The molecule has 0 bridgehead atoms. The molecule has 0 amide bonds. The first kappa shape index (κ1) is 14.0. The second-order valence-corrected chi connectivity index (χ2v) is 4.97. The average Bonchev–Trinajstić information content (AvgIpc) is 2.98. The number of ether oxygens (including phenoxy) is 2. The quantitative estimate of drug-likeness (QED) is 0.873. The molecule has 21 heavy (non-hydrogen) atoms. The van der Waals surface area contributed by atoms with Gasteiger partial charge < -0.3 is 19.7 Å². The molecule has 0 radical (unpaired) electrons. The van der Waals surface area contributed by atoms with Crippen LogP contribution in [0.15, 0.2) is 22.7 Å². The first-order valence-electron chi connectivity index (χ1n) is 6.67. The Balaban J connectivity index is 1.95. The van der Waals surface area contributed by atoms with Gasteiger partial charge in [0, 0.05) is 38.9 Å². The van der Waals surface area contributed by atoms with Crippen LogP contribution in [0, 0.1) is 5.82 Å².